The molecule has 90 valence electrons. The summed E-state index contributed by atoms with van der Waals surface area (Å²) in [6, 6.07) is 5.48. The monoisotopic (exact) mass is 265 g/mol. The van der Waals surface area contributed by atoms with Gasteiger partial charge in [0.15, 0.2) is 0 Å². The van der Waals surface area contributed by atoms with Gasteiger partial charge in [0, 0.05) is 0 Å². The zero-order valence-corrected chi connectivity index (χ0v) is 10.2. The van der Waals surface area contributed by atoms with E-state index >= 15 is 0 Å². The van der Waals surface area contributed by atoms with Crippen LogP contribution in [-0.2, 0) is 14.6 Å². The van der Waals surface area contributed by atoms with Crippen LogP contribution in [0.2, 0.25) is 0 Å². The number of nitrogens with one attached hydrogen (secondary N) is 1. The number of methoxy groups -OCH3 is 1. The molecule has 0 radical (unpaired) electrons. The molecule has 0 saturated heterocycles. The van der Waals surface area contributed by atoms with Gasteiger partial charge < -0.3 is 4.74 Å². The van der Waals surface area contributed by atoms with Gasteiger partial charge in [-0.1, -0.05) is 0 Å². The van der Waals surface area contributed by atoms with Crippen molar-refractivity contribution in [2.75, 3.05) is 7.11 Å². The first kappa shape index (κ1) is 13.1. The van der Waals surface area contributed by atoms with Gasteiger partial charge in [0.05, 0.1) is 12.0 Å². The highest BCUT2D eigenvalue weighted by atomic mass is 32.2. The minimum atomic E-state index is -3.96. The van der Waals surface area contributed by atoms with Gasteiger partial charge >= 0.3 is 0 Å². The van der Waals surface area contributed by atoms with E-state index in [1.807, 2.05) is 0 Å². The van der Waals surface area contributed by atoms with Crippen LogP contribution in [-0.4, -0.2) is 15.5 Å². The number of sulfonamides is 1. The van der Waals surface area contributed by atoms with Crippen LogP contribution in [0.25, 0.3) is 0 Å². The third-order valence-corrected chi connectivity index (χ3v) is 4.63. The second kappa shape index (κ2) is 4.52. The number of hydrogen-bond donors (Lipinski definition) is 3. The quantitative estimate of drug-likeness (QED) is 0.658. The molecular weight excluding hydrogens is 253 g/mol. The van der Waals surface area contributed by atoms with Crippen molar-refractivity contribution in [2.45, 2.75) is 4.90 Å². The Morgan fingerprint density at radius 2 is 1.75 bits per heavy atom. The van der Waals surface area contributed by atoms with E-state index in [0.717, 1.165) is 0 Å². The van der Waals surface area contributed by atoms with E-state index < -0.39 is 17.6 Å². The molecule has 0 heterocycles. The molecule has 0 bridgehead atoms. The molecule has 0 unspecified atom stereocenters. The molecule has 0 aliphatic heterocycles. The number of benzene rings is 1. The molecule has 0 spiro atoms. The smallest absolute Gasteiger partial charge is 0.287 e. The van der Waals surface area contributed by atoms with Crippen molar-refractivity contribution in [3.8, 4) is 5.75 Å². The van der Waals surface area contributed by atoms with Crippen molar-refractivity contribution in [2.24, 2.45) is 11.0 Å². The van der Waals surface area contributed by atoms with Gasteiger partial charge in [-0.25, -0.2) is 8.42 Å². The maximum absolute atomic E-state index is 11.6. The maximum atomic E-state index is 11.6. The Labute approximate surface area is 93.4 Å². The van der Waals surface area contributed by atoms with Crippen LogP contribution < -0.4 is 20.2 Å². The first-order chi connectivity index (χ1) is 7.24. The summed E-state index contributed by atoms with van der Waals surface area (Å²) in [5, 5.41) is 0. The standard InChI is InChI=1S/C7H12N3O4PS/c1-14-6-2-4-7(5-3-6)16(12,13)10-15(8,9)11/h2-5H,1H3,(H5,8,9,10,11). The number of nitrogens with two attached hydrogens (primary N) is 2. The van der Waals surface area contributed by atoms with E-state index in [1.54, 1.807) is 4.49 Å². The third kappa shape index (κ3) is 3.58. The van der Waals surface area contributed by atoms with E-state index in [4.69, 9.17) is 15.7 Å². The molecule has 16 heavy (non-hydrogen) atoms. The Hall–Kier alpha value is -0.920. The molecule has 1 rings (SSSR count). The van der Waals surface area contributed by atoms with Crippen molar-refractivity contribution in [1.82, 2.24) is 4.49 Å². The zero-order valence-electron chi connectivity index (χ0n) is 8.45. The summed E-state index contributed by atoms with van der Waals surface area (Å²) < 4.78 is 40.6. The Balaban J connectivity index is 3.04. The predicted octanol–water partition coefficient (Wildman–Crippen LogP) is -0.001000. The zero-order chi connectivity index (χ0) is 12.4. The molecule has 1 aromatic carbocycles. The summed E-state index contributed by atoms with van der Waals surface area (Å²) in [5.74, 6) is 0.502. The number of hydrogen-bond acceptors (Lipinski definition) is 4. The summed E-state index contributed by atoms with van der Waals surface area (Å²) in [6.07, 6.45) is 0. The molecule has 0 aromatic heterocycles. The van der Waals surface area contributed by atoms with E-state index in [2.05, 4.69) is 0 Å². The molecule has 0 fully saturated rings. The highest BCUT2D eigenvalue weighted by Crippen LogP contribution is 2.24. The normalized spacial score (nSPS) is 12.4. The first-order valence-corrected chi connectivity index (χ1v) is 7.43. The van der Waals surface area contributed by atoms with Crippen molar-refractivity contribution < 1.29 is 17.7 Å². The molecule has 0 saturated carbocycles. The third-order valence-electron chi connectivity index (χ3n) is 1.63. The first-order valence-electron chi connectivity index (χ1n) is 4.10. The summed E-state index contributed by atoms with van der Waals surface area (Å²) in [7, 11) is -6.35. The van der Waals surface area contributed by atoms with Gasteiger partial charge in [-0.3, -0.25) is 15.6 Å². The highest BCUT2D eigenvalue weighted by molar-refractivity contribution is 7.95. The van der Waals surface area contributed by atoms with Gasteiger partial charge in [-0.15, -0.1) is 4.49 Å². The fraction of sp³-hybridized carbons (Fsp3) is 0.143. The predicted molar refractivity (Wildman–Crippen MR) is 59.3 cm³/mol. The van der Waals surface area contributed by atoms with Gasteiger partial charge in [-0.2, -0.15) is 0 Å². The second-order valence-electron chi connectivity index (χ2n) is 2.98. The van der Waals surface area contributed by atoms with Crippen LogP contribution in [0.4, 0.5) is 0 Å². The summed E-state index contributed by atoms with van der Waals surface area (Å²) >= 11 is 0. The summed E-state index contributed by atoms with van der Waals surface area (Å²) in [4.78, 5) is -0.0931. The number of ether oxygens (including phenoxy) is 1. The minimum absolute atomic E-state index is 0.0931. The van der Waals surface area contributed by atoms with E-state index in [9.17, 15) is 13.0 Å². The van der Waals surface area contributed by atoms with E-state index in [0.29, 0.717) is 5.75 Å². The number of rotatable bonds is 4. The Morgan fingerprint density at radius 3 is 2.12 bits per heavy atom. The Kier molecular flexibility index (Phi) is 3.72. The summed E-state index contributed by atoms with van der Waals surface area (Å²) in [5.41, 5.74) is 9.87. The van der Waals surface area contributed by atoms with Crippen LogP contribution in [0, 0.1) is 0 Å². The molecule has 9 heteroatoms. The van der Waals surface area contributed by atoms with Crippen LogP contribution in [0.1, 0.15) is 0 Å². The van der Waals surface area contributed by atoms with Crippen LogP contribution >= 0.6 is 7.59 Å². The van der Waals surface area contributed by atoms with Crippen LogP contribution in [0.3, 0.4) is 0 Å². The minimum Gasteiger partial charge on any atom is -0.497 e. The largest absolute Gasteiger partial charge is 0.497 e. The molecule has 0 aliphatic carbocycles. The molecule has 0 aliphatic rings. The molecule has 7 nitrogen and oxygen atoms in total. The van der Waals surface area contributed by atoms with Crippen LogP contribution in [0.5, 0.6) is 5.75 Å². The lowest BCUT2D eigenvalue weighted by Gasteiger charge is -2.09. The lowest BCUT2D eigenvalue weighted by Crippen LogP contribution is -2.28. The van der Waals surface area contributed by atoms with Crippen molar-refractivity contribution in [1.29, 1.82) is 0 Å². The fourth-order valence-corrected chi connectivity index (χ4v) is 3.41. The molecule has 5 N–H and O–H groups in total. The average Bonchev–Trinajstić information content (AvgIpc) is 2.14. The van der Waals surface area contributed by atoms with Crippen LogP contribution in [0.15, 0.2) is 29.2 Å². The summed E-state index contributed by atoms with van der Waals surface area (Å²) in [6.45, 7) is 0. The molecule has 0 atom stereocenters. The molecule has 0 amide bonds. The second-order valence-corrected chi connectivity index (χ2v) is 6.61. The van der Waals surface area contributed by atoms with E-state index in [-0.39, 0.29) is 4.90 Å². The fourth-order valence-electron chi connectivity index (χ4n) is 0.995. The maximum Gasteiger partial charge on any atom is 0.287 e. The van der Waals surface area contributed by atoms with Gasteiger partial charge in [0.2, 0.25) is 10.0 Å². The molecule has 1 aromatic rings. The lowest BCUT2D eigenvalue weighted by molar-refractivity contribution is 0.414. The van der Waals surface area contributed by atoms with Gasteiger partial charge in [0.25, 0.3) is 7.59 Å². The van der Waals surface area contributed by atoms with Crippen molar-refractivity contribution >= 4 is 17.6 Å². The average molecular weight is 265 g/mol. The van der Waals surface area contributed by atoms with E-state index in [1.165, 1.54) is 31.4 Å². The molecular formula is C7H12N3O4PS. The lowest BCUT2D eigenvalue weighted by atomic mass is 10.3. The van der Waals surface area contributed by atoms with Crippen molar-refractivity contribution in [3.63, 3.8) is 0 Å². The van der Waals surface area contributed by atoms with Gasteiger partial charge in [0.1, 0.15) is 5.75 Å². The topological polar surface area (TPSA) is 125 Å². The Morgan fingerprint density at radius 1 is 1.25 bits per heavy atom. The Bertz CT molecular complexity index is 507. The SMILES string of the molecule is COc1ccc(S(=O)(=O)NP(N)(N)=O)cc1. The van der Waals surface area contributed by atoms with Gasteiger partial charge in [-0.05, 0) is 24.3 Å². The van der Waals surface area contributed by atoms with Crippen molar-refractivity contribution in [3.05, 3.63) is 24.3 Å². The highest BCUT2D eigenvalue weighted by Gasteiger charge is 2.21.